The van der Waals surface area contributed by atoms with E-state index in [0.29, 0.717) is 5.70 Å². The minimum atomic E-state index is 0.444. The van der Waals surface area contributed by atoms with Crippen molar-refractivity contribution in [3.05, 3.63) is 11.9 Å². The van der Waals surface area contributed by atoms with Gasteiger partial charge in [-0.1, -0.05) is 0 Å². The van der Waals surface area contributed by atoms with Crippen LogP contribution in [0.1, 0.15) is 0 Å². The third-order valence-corrected chi connectivity index (χ3v) is 0.535. The average molecular weight is 114 g/mol. The van der Waals surface area contributed by atoms with Crippen LogP contribution in [0.3, 0.4) is 0 Å². The lowest BCUT2D eigenvalue weighted by Crippen LogP contribution is -2.04. The number of hydrogen-bond acceptors (Lipinski definition) is 4. The fourth-order valence-electron chi connectivity index (χ4n) is 0.182. The molecule has 0 aliphatic heterocycles. The van der Waals surface area contributed by atoms with E-state index in [-0.39, 0.29) is 0 Å². The minimum Gasteiger partial charge on any atom is -0.403 e. The zero-order valence-electron chi connectivity index (χ0n) is 4.76. The van der Waals surface area contributed by atoms with Crippen LogP contribution in [-0.2, 0) is 0 Å². The summed E-state index contributed by atoms with van der Waals surface area (Å²) in [6, 6.07) is 0. The van der Waals surface area contributed by atoms with E-state index in [4.69, 9.17) is 11.5 Å². The van der Waals surface area contributed by atoms with E-state index in [2.05, 4.69) is 10.5 Å². The largest absolute Gasteiger partial charge is 0.403 e. The van der Waals surface area contributed by atoms with Crippen molar-refractivity contribution in [1.29, 1.82) is 0 Å². The van der Waals surface area contributed by atoms with Gasteiger partial charge in [0.15, 0.2) is 0 Å². The van der Waals surface area contributed by atoms with E-state index in [1.165, 1.54) is 12.4 Å². The maximum atomic E-state index is 5.21. The second-order valence-corrected chi connectivity index (χ2v) is 1.15. The molecule has 0 aromatic rings. The van der Waals surface area contributed by atoms with Crippen LogP contribution in [0.4, 0.5) is 0 Å². The van der Waals surface area contributed by atoms with Gasteiger partial charge in [-0.25, -0.2) is 0 Å². The lowest BCUT2D eigenvalue weighted by molar-refractivity contribution is 0.907. The van der Waals surface area contributed by atoms with E-state index in [1.807, 2.05) is 0 Å². The summed E-state index contributed by atoms with van der Waals surface area (Å²) in [6.45, 7) is 0. The summed E-state index contributed by atoms with van der Waals surface area (Å²) in [5.74, 6) is 0. The number of allylic oxidation sites excluding steroid dienone is 1. The summed E-state index contributed by atoms with van der Waals surface area (Å²) in [5.41, 5.74) is 13.2. The first-order valence-corrected chi connectivity index (χ1v) is 2.18. The Hall–Kier alpha value is -1.19. The molecule has 0 fully saturated rings. The van der Waals surface area contributed by atoms with Gasteiger partial charge in [0.1, 0.15) is 0 Å². The van der Waals surface area contributed by atoms with E-state index >= 15 is 0 Å². The number of nitrogens with two attached hydrogens (primary N) is 2. The molecule has 0 unspecified atom stereocenters. The predicted molar refractivity (Wildman–Crippen MR) is 34.0 cm³/mol. The van der Waals surface area contributed by atoms with Crippen molar-refractivity contribution in [2.24, 2.45) is 16.6 Å². The summed E-state index contributed by atoms with van der Waals surface area (Å²) >= 11 is 0. The van der Waals surface area contributed by atoms with Crippen LogP contribution in [0.25, 0.3) is 0 Å². The van der Waals surface area contributed by atoms with E-state index in [0.717, 1.165) is 0 Å². The Morgan fingerprint density at radius 2 is 2.38 bits per heavy atom. The number of rotatable bonds is 2. The second-order valence-electron chi connectivity index (χ2n) is 1.15. The number of nitrogens with zero attached hydrogens (tertiary/aromatic N) is 1. The zero-order chi connectivity index (χ0) is 6.41. The van der Waals surface area contributed by atoms with Crippen molar-refractivity contribution in [3.63, 3.8) is 0 Å². The molecule has 5 N–H and O–H groups in total. The third kappa shape index (κ3) is 3.02. The molecule has 0 spiro atoms. The Bertz CT molecular complexity index is 105. The molecule has 46 valence electrons. The topological polar surface area (TPSA) is 76.4 Å². The highest BCUT2D eigenvalue weighted by Crippen LogP contribution is 1.67. The van der Waals surface area contributed by atoms with E-state index in [1.54, 1.807) is 7.05 Å². The molecule has 0 amide bonds. The summed E-state index contributed by atoms with van der Waals surface area (Å²) in [6.07, 6.45) is 2.71. The molecule has 0 bridgehead atoms. The number of hydrazone groups is 1. The second kappa shape index (κ2) is 3.98. The Balaban J connectivity index is 3.53. The Kier molecular flexibility index (Phi) is 3.39. The van der Waals surface area contributed by atoms with E-state index in [9.17, 15) is 0 Å². The molecule has 0 aromatic carbocycles. The predicted octanol–water partition coefficient (Wildman–Crippen LogP) is -1.05. The summed E-state index contributed by atoms with van der Waals surface area (Å²) in [7, 11) is 1.68. The fraction of sp³-hybridized carbons (Fsp3) is 0.250. The molecule has 4 nitrogen and oxygen atoms in total. The van der Waals surface area contributed by atoms with Crippen LogP contribution in [0.2, 0.25) is 0 Å². The van der Waals surface area contributed by atoms with Crippen molar-refractivity contribution < 1.29 is 0 Å². The molecule has 0 atom stereocenters. The third-order valence-electron chi connectivity index (χ3n) is 0.535. The van der Waals surface area contributed by atoms with Crippen LogP contribution >= 0.6 is 0 Å². The van der Waals surface area contributed by atoms with Crippen molar-refractivity contribution >= 4 is 6.21 Å². The first kappa shape index (κ1) is 6.81. The maximum absolute atomic E-state index is 5.21. The highest BCUT2D eigenvalue weighted by molar-refractivity contribution is 5.76. The molecule has 8 heavy (non-hydrogen) atoms. The summed E-state index contributed by atoms with van der Waals surface area (Å²) in [5, 5.41) is 3.59. The molecule has 0 aliphatic carbocycles. The van der Waals surface area contributed by atoms with Crippen LogP contribution in [0.15, 0.2) is 17.0 Å². The standard InChI is InChI=1S/C4H10N4/c1-7-8-3-4(6)2-5/h2-3,7H,5-6H2,1H3/b4-2-,8-3-. The van der Waals surface area contributed by atoms with Gasteiger partial charge in [0.25, 0.3) is 0 Å². The van der Waals surface area contributed by atoms with Crippen molar-refractivity contribution in [3.8, 4) is 0 Å². The quantitative estimate of drug-likeness (QED) is 0.316. The van der Waals surface area contributed by atoms with Gasteiger partial charge in [-0.3, -0.25) is 0 Å². The van der Waals surface area contributed by atoms with Gasteiger partial charge in [0.05, 0.1) is 11.9 Å². The lowest BCUT2D eigenvalue weighted by Gasteiger charge is -1.86. The van der Waals surface area contributed by atoms with Crippen LogP contribution in [0.5, 0.6) is 0 Å². The van der Waals surface area contributed by atoms with Crippen LogP contribution in [-0.4, -0.2) is 13.3 Å². The van der Waals surface area contributed by atoms with Gasteiger partial charge in [0.2, 0.25) is 0 Å². The Labute approximate surface area is 48.2 Å². The fourth-order valence-corrected chi connectivity index (χ4v) is 0.182. The van der Waals surface area contributed by atoms with Gasteiger partial charge in [0, 0.05) is 13.2 Å². The van der Waals surface area contributed by atoms with Gasteiger partial charge in [-0.15, -0.1) is 0 Å². The molecular formula is C4H10N4. The van der Waals surface area contributed by atoms with E-state index < -0.39 is 0 Å². The molecule has 0 heterocycles. The molecule has 0 aromatic heterocycles. The van der Waals surface area contributed by atoms with Gasteiger partial charge in [-0.05, 0) is 0 Å². The zero-order valence-corrected chi connectivity index (χ0v) is 4.76. The van der Waals surface area contributed by atoms with Crippen LogP contribution < -0.4 is 16.9 Å². The molecular weight excluding hydrogens is 104 g/mol. The molecule has 0 aliphatic rings. The van der Waals surface area contributed by atoms with Crippen LogP contribution in [0, 0.1) is 0 Å². The van der Waals surface area contributed by atoms with Gasteiger partial charge < -0.3 is 16.9 Å². The first-order valence-electron chi connectivity index (χ1n) is 2.18. The van der Waals surface area contributed by atoms with Crippen molar-refractivity contribution in [2.45, 2.75) is 0 Å². The smallest absolute Gasteiger partial charge is 0.0712 e. The summed E-state index contributed by atoms with van der Waals surface area (Å²) < 4.78 is 0. The monoisotopic (exact) mass is 114 g/mol. The summed E-state index contributed by atoms with van der Waals surface area (Å²) in [4.78, 5) is 0. The molecule has 0 radical (unpaired) electrons. The lowest BCUT2D eigenvalue weighted by atomic mass is 10.5. The molecule has 0 saturated heterocycles. The number of nitrogens with one attached hydrogen (secondary N) is 1. The Morgan fingerprint density at radius 1 is 1.75 bits per heavy atom. The first-order chi connectivity index (χ1) is 3.81. The highest BCUT2D eigenvalue weighted by atomic mass is 15.3. The molecule has 0 saturated carbocycles. The van der Waals surface area contributed by atoms with Crippen molar-refractivity contribution in [2.75, 3.05) is 7.05 Å². The normalized spacial score (nSPS) is 12.4. The SMILES string of the molecule is CN/N=C\C(N)=C\N. The minimum absolute atomic E-state index is 0.444. The maximum Gasteiger partial charge on any atom is 0.0712 e. The van der Waals surface area contributed by atoms with Gasteiger partial charge >= 0.3 is 0 Å². The Morgan fingerprint density at radius 3 is 2.75 bits per heavy atom. The number of hydrogen-bond donors (Lipinski definition) is 3. The molecule has 0 rings (SSSR count). The average Bonchev–Trinajstić information content (AvgIpc) is 1.83. The van der Waals surface area contributed by atoms with Gasteiger partial charge in [-0.2, -0.15) is 5.10 Å². The molecule has 4 heteroatoms. The van der Waals surface area contributed by atoms with Crippen molar-refractivity contribution in [1.82, 2.24) is 5.43 Å². The highest BCUT2D eigenvalue weighted by Gasteiger charge is 1.74.